The van der Waals surface area contributed by atoms with Gasteiger partial charge in [0.1, 0.15) is 6.04 Å². The number of nitrogens with zero attached hydrogens (tertiary/aromatic N) is 3. The van der Waals surface area contributed by atoms with Gasteiger partial charge in [-0.05, 0) is 61.2 Å². The number of carbonyl (C=O) groups excluding carboxylic acids is 2. The lowest BCUT2D eigenvalue weighted by molar-refractivity contribution is -0.126. The minimum absolute atomic E-state index is 0.150. The molecule has 3 aliphatic heterocycles. The van der Waals surface area contributed by atoms with Gasteiger partial charge in [-0.3, -0.25) is 9.59 Å². The maximum Gasteiger partial charge on any atom is 0.253 e. The van der Waals surface area contributed by atoms with Crippen LogP contribution in [0.25, 0.3) is 0 Å². The summed E-state index contributed by atoms with van der Waals surface area (Å²) in [7, 11) is 0. The Labute approximate surface area is 179 Å². The van der Waals surface area contributed by atoms with Crippen LogP contribution in [0.15, 0.2) is 36.4 Å². The second-order valence-electron chi connectivity index (χ2n) is 8.04. The summed E-state index contributed by atoms with van der Waals surface area (Å²) in [6.45, 7) is 5.58. The Morgan fingerprint density at radius 1 is 0.862 bits per heavy atom. The van der Waals surface area contributed by atoms with Crippen LogP contribution in [0.3, 0.4) is 0 Å². The Kier molecular flexibility index (Phi) is 4.48. The maximum absolute atomic E-state index is 13.6. The number of hydrogen-bond donors (Lipinski definition) is 0. The van der Waals surface area contributed by atoms with Crippen molar-refractivity contribution >= 4 is 40.7 Å². The second-order valence-corrected chi connectivity index (χ2v) is 8.89. The minimum Gasteiger partial charge on any atom is -0.274 e. The second kappa shape index (κ2) is 6.81. The Morgan fingerprint density at radius 3 is 2.28 bits per heavy atom. The van der Waals surface area contributed by atoms with Crippen LogP contribution in [-0.4, -0.2) is 41.0 Å². The van der Waals surface area contributed by atoms with Crippen molar-refractivity contribution < 1.29 is 9.59 Å². The summed E-state index contributed by atoms with van der Waals surface area (Å²) in [5.74, 6) is -0.792. The van der Waals surface area contributed by atoms with Crippen molar-refractivity contribution in [2.45, 2.75) is 32.4 Å². The van der Waals surface area contributed by atoms with Gasteiger partial charge < -0.3 is 0 Å². The average molecular weight is 430 g/mol. The molecule has 3 atom stereocenters. The molecule has 0 aromatic heterocycles. The first-order chi connectivity index (χ1) is 13.9. The van der Waals surface area contributed by atoms with Gasteiger partial charge in [0.05, 0.1) is 17.6 Å². The van der Waals surface area contributed by atoms with E-state index in [0.717, 1.165) is 36.2 Å². The van der Waals surface area contributed by atoms with Crippen LogP contribution < -0.4 is 4.90 Å². The quantitative estimate of drug-likeness (QED) is 0.672. The predicted octanol–water partition coefficient (Wildman–Crippen LogP) is 4.15. The molecule has 2 aromatic rings. The zero-order chi connectivity index (χ0) is 20.4. The van der Waals surface area contributed by atoms with Crippen LogP contribution in [0.4, 0.5) is 5.69 Å². The summed E-state index contributed by atoms with van der Waals surface area (Å²) in [4.78, 5) is 28.4. The van der Waals surface area contributed by atoms with Gasteiger partial charge in [0.25, 0.3) is 5.91 Å². The van der Waals surface area contributed by atoms with Crippen LogP contribution in [0, 0.1) is 19.8 Å². The Bertz CT molecular complexity index is 1040. The standard InChI is InChI=1S/C22H21Cl2N3O2/c1-12-4-6-15(10-13(12)2)27-21(28)18-19(16-7-5-14(23)11-17(16)24)25-8-3-9-26(25)20(18)22(27)29/h4-7,10-11,18-20H,3,8-9H2,1-2H3/t18-,19+,20-/m0/s1. The van der Waals surface area contributed by atoms with Gasteiger partial charge >= 0.3 is 0 Å². The van der Waals surface area contributed by atoms with Gasteiger partial charge in [0.15, 0.2) is 0 Å². The highest BCUT2D eigenvalue weighted by molar-refractivity contribution is 6.35. The van der Waals surface area contributed by atoms with Crippen LogP contribution >= 0.6 is 23.2 Å². The monoisotopic (exact) mass is 429 g/mol. The molecule has 0 radical (unpaired) electrons. The summed E-state index contributed by atoms with van der Waals surface area (Å²) in [5, 5.41) is 5.30. The lowest BCUT2D eigenvalue weighted by Crippen LogP contribution is -2.44. The number of imide groups is 1. The fourth-order valence-corrected chi connectivity index (χ4v) is 5.47. The molecular formula is C22H21Cl2N3O2. The van der Waals surface area contributed by atoms with Gasteiger partial charge in [-0.2, -0.15) is 0 Å². The minimum atomic E-state index is -0.483. The molecule has 2 aromatic carbocycles. The van der Waals surface area contributed by atoms with Crippen LogP contribution in [0.2, 0.25) is 10.0 Å². The highest BCUT2D eigenvalue weighted by Crippen LogP contribution is 2.50. The number of hydrogen-bond acceptors (Lipinski definition) is 4. The lowest BCUT2D eigenvalue weighted by atomic mass is 9.90. The molecule has 0 unspecified atom stereocenters. The SMILES string of the molecule is Cc1ccc(N2C(=O)[C@@H]3[C@@H](C2=O)N2CCCN2[C@@H]3c2ccc(Cl)cc2Cl)cc1C. The Balaban J connectivity index is 1.60. The number of benzene rings is 2. The van der Waals surface area contributed by atoms with Crippen molar-refractivity contribution in [1.29, 1.82) is 0 Å². The molecule has 3 heterocycles. The Morgan fingerprint density at radius 2 is 1.59 bits per heavy atom. The largest absolute Gasteiger partial charge is 0.274 e. The number of rotatable bonds is 2. The van der Waals surface area contributed by atoms with Crippen molar-refractivity contribution in [2.75, 3.05) is 18.0 Å². The molecule has 0 aliphatic carbocycles. The molecule has 5 rings (SSSR count). The van der Waals surface area contributed by atoms with Crippen molar-refractivity contribution in [3.05, 3.63) is 63.1 Å². The third-order valence-corrected chi connectivity index (χ3v) is 7.00. The summed E-state index contributed by atoms with van der Waals surface area (Å²) >= 11 is 12.6. The van der Waals surface area contributed by atoms with Crippen LogP contribution in [0.1, 0.15) is 29.2 Å². The fourth-order valence-electron chi connectivity index (χ4n) is 4.95. The van der Waals surface area contributed by atoms with Crippen molar-refractivity contribution in [1.82, 2.24) is 10.0 Å². The van der Waals surface area contributed by atoms with Gasteiger partial charge in [-0.15, -0.1) is 0 Å². The van der Waals surface area contributed by atoms with Gasteiger partial charge in [0.2, 0.25) is 5.91 Å². The van der Waals surface area contributed by atoms with E-state index < -0.39 is 12.0 Å². The fraction of sp³-hybridized carbons (Fsp3) is 0.364. The van der Waals surface area contributed by atoms with Crippen molar-refractivity contribution in [3.63, 3.8) is 0 Å². The maximum atomic E-state index is 13.6. The molecule has 7 heteroatoms. The molecule has 150 valence electrons. The van der Waals surface area contributed by atoms with Gasteiger partial charge in [-0.1, -0.05) is 35.3 Å². The molecule has 0 bridgehead atoms. The first-order valence-electron chi connectivity index (χ1n) is 9.81. The molecule has 0 N–H and O–H groups in total. The lowest BCUT2D eigenvalue weighted by Gasteiger charge is -2.30. The molecule has 3 fully saturated rings. The molecule has 0 spiro atoms. The number of aryl methyl sites for hydroxylation is 2. The normalized spacial score (nSPS) is 27.0. The molecule has 3 aliphatic rings. The van der Waals surface area contributed by atoms with E-state index in [1.54, 1.807) is 12.1 Å². The van der Waals surface area contributed by atoms with Gasteiger partial charge in [-0.25, -0.2) is 14.9 Å². The molecule has 0 saturated carbocycles. The van der Waals surface area contributed by atoms with E-state index in [2.05, 4.69) is 10.0 Å². The summed E-state index contributed by atoms with van der Waals surface area (Å²) in [5.41, 5.74) is 3.67. The third kappa shape index (κ3) is 2.76. The van der Waals surface area contributed by atoms with Crippen LogP contribution in [-0.2, 0) is 9.59 Å². The predicted molar refractivity (Wildman–Crippen MR) is 113 cm³/mol. The number of amides is 2. The van der Waals surface area contributed by atoms with Gasteiger partial charge in [0, 0.05) is 23.1 Å². The zero-order valence-corrected chi connectivity index (χ0v) is 17.7. The molecule has 29 heavy (non-hydrogen) atoms. The highest BCUT2D eigenvalue weighted by atomic mass is 35.5. The summed E-state index contributed by atoms with van der Waals surface area (Å²) < 4.78 is 0. The molecule has 5 nitrogen and oxygen atoms in total. The van der Waals surface area contributed by atoms with E-state index in [-0.39, 0.29) is 17.9 Å². The van der Waals surface area contributed by atoms with Crippen LogP contribution in [0.5, 0.6) is 0 Å². The topological polar surface area (TPSA) is 43.9 Å². The molecular weight excluding hydrogens is 409 g/mol. The van der Waals surface area contributed by atoms with E-state index in [9.17, 15) is 9.59 Å². The smallest absolute Gasteiger partial charge is 0.253 e. The number of halogens is 2. The summed E-state index contributed by atoms with van der Waals surface area (Å²) in [6, 6.07) is 10.3. The van der Waals surface area contributed by atoms with E-state index in [0.29, 0.717) is 15.7 Å². The first-order valence-corrected chi connectivity index (χ1v) is 10.6. The zero-order valence-electron chi connectivity index (χ0n) is 16.2. The highest BCUT2D eigenvalue weighted by Gasteiger charge is 2.63. The van der Waals surface area contributed by atoms with E-state index in [1.165, 1.54) is 4.90 Å². The average Bonchev–Trinajstić information content (AvgIpc) is 3.31. The third-order valence-electron chi connectivity index (χ3n) is 6.44. The number of fused-ring (bicyclic) bond motifs is 3. The van der Waals surface area contributed by atoms with E-state index in [4.69, 9.17) is 23.2 Å². The van der Waals surface area contributed by atoms with E-state index >= 15 is 0 Å². The van der Waals surface area contributed by atoms with Crippen molar-refractivity contribution in [3.8, 4) is 0 Å². The van der Waals surface area contributed by atoms with E-state index in [1.807, 2.05) is 38.1 Å². The molecule has 2 amide bonds. The summed E-state index contributed by atoms with van der Waals surface area (Å²) in [6.07, 6.45) is 0.954. The number of carbonyl (C=O) groups is 2. The Hall–Kier alpha value is -1.92. The number of hydrazine groups is 1. The molecule has 3 saturated heterocycles. The van der Waals surface area contributed by atoms with Crippen molar-refractivity contribution in [2.24, 2.45) is 5.92 Å². The first kappa shape index (κ1) is 19.1. The number of anilines is 1.